The maximum atomic E-state index is 12.8. The molecule has 7 nitrogen and oxygen atoms in total. The van der Waals surface area contributed by atoms with Crippen molar-refractivity contribution >= 4 is 43.6 Å². The summed E-state index contributed by atoms with van der Waals surface area (Å²) in [5.74, 6) is 0.599. The lowest BCUT2D eigenvalue weighted by Gasteiger charge is -2.34. The molecule has 0 bridgehead atoms. The highest BCUT2D eigenvalue weighted by molar-refractivity contribution is 9.10. The molecule has 168 valence electrons. The number of aryl methyl sites for hydroxylation is 1. The summed E-state index contributed by atoms with van der Waals surface area (Å²) < 4.78 is 33.5. The fraction of sp³-hybridized carbons (Fsp3) is 0.381. The van der Waals surface area contributed by atoms with Gasteiger partial charge in [-0.05, 0) is 43.7 Å². The minimum atomic E-state index is -3.54. The van der Waals surface area contributed by atoms with Gasteiger partial charge in [-0.3, -0.25) is 0 Å². The predicted octanol–water partition coefficient (Wildman–Crippen LogP) is 3.90. The number of halogens is 2. The first-order chi connectivity index (χ1) is 14.8. The van der Waals surface area contributed by atoms with E-state index in [4.69, 9.17) is 16.3 Å². The number of benzene rings is 2. The molecule has 10 heteroatoms. The third-order valence-corrected chi connectivity index (χ3v) is 7.63. The van der Waals surface area contributed by atoms with E-state index in [1.54, 1.807) is 41.3 Å². The van der Waals surface area contributed by atoms with Crippen LogP contribution in [0.15, 0.2) is 51.8 Å². The zero-order valence-electron chi connectivity index (χ0n) is 17.2. The second kappa shape index (κ2) is 10.7. The summed E-state index contributed by atoms with van der Waals surface area (Å²) in [5, 5.41) is 3.38. The largest absolute Gasteiger partial charge is 0.492 e. The molecule has 0 atom stereocenters. The van der Waals surface area contributed by atoms with Gasteiger partial charge >= 0.3 is 6.03 Å². The van der Waals surface area contributed by atoms with Gasteiger partial charge in [0.25, 0.3) is 0 Å². The third-order valence-electron chi connectivity index (χ3n) is 4.93. The number of carbonyl (C=O) groups excluding carboxylic acids is 1. The summed E-state index contributed by atoms with van der Waals surface area (Å²) in [6.07, 6.45) is 0.625. The lowest BCUT2D eigenvalue weighted by atomic mass is 10.2. The molecule has 0 radical (unpaired) electrons. The predicted molar refractivity (Wildman–Crippen MR) is 124 cm³/mol. The topological polar surface area (TPSA) is 79.0 Å². The van der Waals surface area contributed by atoms with Crippen LogP contribution in [-0.4, -0.2) is 63.0 Å². The lowest BCUT2D eigenvalue weighted by molar-refractivity contribution is 0.171. The van der Waals surface area contributed by atoms with Crippen LogP contribution in [0.5, 0.6) is 5.75 Å². The average molecular weight is 531 g/mol. The molecule has 3 rings (SSSR count). The molecule has 1 aliphatic rings. The molecule has 1 fully saturated rings. The molecular formula is C21H25BrClN3O4S. The number of sulfonamides is 1. The fourth-order valence-electron chi connectivity index (χ4n) is 3.14. The van der Waals surface area contributed by atoms with Gasteiger partial charge in [0, 0.05) is 37.2 Å². The molecule has 1 N–H and O–H groups in total. The molecule has 1 heterocycles. The number of rotatable bonds is 7. The molecule has 1 saturated heterocycles. The molecule has 0 aromatic heterocycles. The normalized spacial score (nSPS) is 15.0. The number of nitrogens with one attached hydrogen (secondary N) is 1. The van der Waals surface area contributed by atoms with Gasteiger partial charge in [0.2, 0.25) is 10.0 Å². The fourth-order valence-corrected chi connectivity index (χ4v) is 5.29. The van der Waals surface area contributed by atoms with Crippen LogP contribution in [0.25, 0.3) is 0 Å². The van der Waals surface area contributed by atoms with Gasteiger partial charge in [-0.15, -0.1) is 0 Å². The van der Waals surface area contributed by atoms with Crippen molar-refractivity contribution < 1.29 is 17.9 Å². The molecule has 2 aromatic carbocycles. The van der Waals surface area contributed by atoms with E-state index in [2.05, 4.69) is 21.2 Å². The van der Waals surface area contributed by atoms with Crippen LogP contribution in [0, 0.1) is 6.92 Å². The quantitative estimate of drug-likeness (QED) is 0.551. The van der Waals surface area contributed by atoms with E-state index < -0.39 is 10.0 Å². The zero-order chi connectivity index (χ0) is 22.4. The Morgan fingerprint density at radius 2 is 1.81 bits per heavy atom. The van der Waals surface area contributed by atoms with E-state index >= 15 is 0 Å². The van der Waals surface area contributed by atoms with Gasteiger partial charge < -0.3 is 15.0 Å². The van der Waals surface area contributed by atoms with Crippen molar-refractivity contribution in [3.05, 3.63) is 57.5 Å². The van der Waals surface area contributed by atoms with Crippen LogP contribution >= 0.6 is 27.5 Å². The van der Waals surface area contributed by atoms with Gasteiger partial charge in [-0.2, -0.15) is 4.31 Å². The monoisotopic (exact) mass is 529 g/mol. The first-order valence-electron chi connectivity index (χ1n) is 9.95. The third kappa shape index (κ3) is 6.35. The van der Waals surface area contributed by atoms with Crippen molar-refractivity contribution in [2.45, 2.75) is 18.2 Å². The summed E-state index contributed by atoms with van der Waals surface area (Å²) in [7, 11) is -3.54. The number of piperazine rings is 1. The van der Waals surface area contributed by atoms with Crippen LogP contribution in [0.2, 0.25) is 5.02 Å². The smallest absolute Gasteiger partial charge is 0.317 e. The highest BCUT2D eigenvalue weighted by Crippen LogP contribution is 2.27. The van der Waals surface area contributed by atoms with Gasteiger partial charge in [-0.25, -0.2) is 13.2 Å². The minimum Gasteiger partial charge on any atom is -0.492 e. The Hall–Kier alpha value is -1.81. The Morgan fingerprint density at radius 1 is 1.13 bits per heavy atom. The Balaban J connectivity index is 1.39. The zero-order valence-corrected chi connectivity index (χ0v) is 20.3. The van der Waals surface area contributed by atoms with Crippen LogP contribution in [0.3, 0.4) is 0 Å². The molecule has 0 spiro atoms. The van der Waals surface area contributed by atoms with Crippen molar-refractivity contribution in [2.75, 3.05) is 39.3 Å². The molecule has 2 amide bonds. The maximum Gasteiger partial charge on any atom is 0.317 e. The number of urea groups is 1. The van der Waals surface area contributed by atoms with Crippen molar-refractivity contribution in [1.82, 2.24) is 14.5 Å². The first-order valence-corrected chi connectivity index (χ1v) is 12.6. The molecule has 1 aliphatic heterocycles. The second-order valence-corrected chi connectivity index (χ2v) is 10.5. The van der Waals surface area contributed by atoms with Crippen LogP contribution < -0.4 is 10.1 Å². The van der Waals surface area contributed by atoms with Crippen LogP contribution in [0.4, 0.5) is 4.79 Å². The molecule has 31 heavy (non-hydrogen) atoms. The molecular weight excluding hydrogens is 506 g/mol. The van der Waals surface area contributed by atoms with E-state index in [0.29, 0.717) is 43.4 Å². The highest BCUT2D eigenvalue weighted by atomic mass is 79.9. The van der Waals surface area contributed by atoms with Crippen molar-refractivity contribution in [1.29, 1.82) is 0 Å². The van der Waals surface area contributed by atoms with Gasteiger partial charge in [0.1, 0.15) is 5.75 Å². The number of hydrogen-bond acceptors (Lipinski definition) is 4. The molecule has 0 aliphatic carbocycles. The van der Waals surface area contributed by atoms with E-state index in [-0.39, 0.29) is 24.0 Å². The highest BCUT2D eigenvalue weighted by Gasteiger charge is 2.29. The van der Waals surface area contributed by atoms with Crippen molar-refractivity contribution in [2.24, 2.45) is 0 Å². The lowest BCUT2D eigenvalue weighted by Crippen LogP contribution is -2.53. The van der Waals surface area contributed by atoms with Gasteiger partial charge in [0.15, 0.2) is 0 Å². The SMILES string of the molecule is Cc1ccc(S(=O)(=O)N2CCN(C(=O)NCCCOc3ccc(Br)cc3Cl)CC2)cc1. The molecule has 0 saturated carbocycles. The van der Waals surface area contributed by atoms with Crippen LogP contribution in [0.1, 0.15) is 12.0 Å². The number of nitrogens with zero attached hydrogens (tertiary/aromatic N) is 2. The second-order valence-electron chi connectivity index (χ2n) is 7.21. The first kappa shape index (κ1) is 23.8. The van der Waals surface area contributed by atoms with E-state index in [0.717, 1.165) is 10.0 Å². The van der Waals surface area contributed by atoms with E-state index in [1.165, 1.54) is 4.31 Å². The average Bonchev–Trinajstić information content (AvgIpc) is 2.75. The standard InChI is InChI=1S/C21H25BrClN3O4S/c1-16-3-6-18(7-4-16)31(28,29)26-12-10-25(11-13-26)21(27)24-9-2-14-30-20-8-5-17(22)15-19(20)23/h3-8,15H,2,9-14H2,1H3,(H,24,27). The summed E-state index contributed by atoms with van der Waals surface area (Å²) in [6, 6.07) is 12.0. The molecule has 0 unspecified atom stereocenters. The Kier molecular flexibility index (Phi) is 8.21. The number of hydrogen-bond donors (Lipinski definition) is 1. The summed E-state index contributed by atoms with van der Waals surface area (Å²) in [6.45, 7) is 4.03. The van der Waals surface area contributed by atoms with Crippen molar-refractivity contribution in [3.8, 4) is 5.75 Å². The van der Waals surface area contributed by atoms with Gasteiger partial charge in [-0.1, -0.05) is 45.2 Å². The Bertz CT molecular complexity index is 1010. The minimum absolute atomic E-state index is 0.200. The molecule has 2 aromatic rings. The van der Waals surface area contributed by atoms with E-state index in [1.807, 2.05) is 13.0 Å². The maximum absolute atomic E-state index is 12.8. The van der Waals surface area contributed by atoms with Crippen molar-refractivity contribution in [3.63, 3.8) is 0 Å². The number of ether oxygens (including phenoxy) is 1. The summed E-state index contributed by atoms with van der Waals surface area (Å²) >= 11 is 9.45. The summed E-state index contributed by atoms with van der Waals surface area (Å²) in [5.41, 5.74) is 1.01. The van der Waals surface area contributed by atoms with Gasteiger partial charge in [0.05, 0.1) is 16.5 Å². The van der Waals surface area contributed by atoms with E-state index in [9.17, 15) is 13.2 Å². The Labute approximate surface area is 196 Å². The Morgan fingerprint density at radius 3 is 2.45 bits per heavy atom. The number of amides is 2. The summed E-state index contributed by atoms with van der Waals surface area (Å²) in [4.78, 5) is 14.3. The van der Waals surface area contributed by atoms with Crippen LogP contribution in [-0.2, 0) is 10.0 Å². The number of carbonyl (C=O) groups is 1.